The maximum atomic E-state index is 12.5. The summed E-state index contributed by atoms with van der Waals surface area (Å²) in [4.78, 5) is 26.5. The number of hydrogen-bond donors (Lipinski definition) is 0. The van der Waals surface area contributed by atoms with E-state index in [0.29, 0.717) is 18.5 Å². The van der Waals surface area contributed by atoms with Gasteiger partial charge >= 0.3 is 0 Å². The molecule has 1 rings (SSSR count). The molecule has 0 N–H and O–H groups in total. The molecule has 20 heavy (non-hydrogen) atoms. The van der Waals surface area contributed by atoms with Crippen LogP contribution in [0.5, 0.6) is 0 Å². The van der Waals surface area contributed by atoms with Gasteiger partial charge in [0.2, 0.25) is 0 Å². The third kappa shape index (κ3) is 4.74. The fourth-order valence-electron chi connectivity index (χ4n) is 2.09. The van der Waals surface area contributed by atoms with Crippen molar-refractivity contribution < 1.29 is 9.59 Å². The molecule has 1 aromatic carbocycles. The highest BCUT2D eigenvalue weighted by Crippen LogP contribution is 2.15. The molecule has 1 atom stereocenters. The lowest BCUT2D eigenvalue weighted by Crippen LogP contribution is -2.28. The Bertz CT molecular complexity index is 489. The Morgan fingerprint density at radius 2 is 1.80 bits per heavy atom. The number of allylic oxidation sites excluding steroid dienone is 1. The summed E-state index contributed by atoms with van der Waals surface area (Å²) >= 11 is 0. The summed E-state index contributed by atoms with van der Waals surface area (Å²) < 4.78 is 0. The lowest BCUT2D eigenvalue weighted by Gasteiger charge is -2.17. The molecule has 0 saturated heterocycles. The van der Waals surface area contributed by atoms with Crippen molar-refractivity contribution >= 4 is 17.6 Å². The Kier molecular flexibility index (Phi) is 6.32. The van der Waals surface area contributed by atoms with E-state index in [1.807, 2.05) is 56.3 Å². The highest BCUT2D eigenvalue weighted by molar-refractivity contribution is 6.23. The maximum absolute atomic E-state index is 12.5. The monoisotopic (exact) mass is 273 g/mol. The van der Waals surface area contributed by atoms with Crippen LogP contribution in [0.15, 0.2) is 35.9 Å². The van der Waals surface area contributed by atoms with Crippen molar-refractivity contribution in [3.05, 3.63) is 41.5 Å². The van der Waals surface area contributed by atoms with Crippen LogP contribution in [0.3, 0.4) is 0 Å². The topological polar surface area (TPSA) is 37.4 Å². The van der Waals surface area contributed by atoms with Gasteiger partial charge in [0, 0.05) is 18.9 Å². The second kappa shape index (κ2) is 7.75. The van der Waals surface area contributed by atoms with Gasteiger partial charge in [-0.2, -0.15) is 0 Å². The molecule has 3 heteroatoms. The second-order valence-electron chi connectivity index (χ2n) is 5.27. The zero-order valence-corrected chi connectivity index (χ0v) is 12.7. The first-order valence-electron chi connectivity index (χ1n) is 6.94. The van der Waals surface area contributed by atoms with Gasteiger partial charge in [0.1, 0.15) is 0 Å². The van der Waals surface area contributed by atoms with E-state index in [1.54, 1.807) is 13.0 Å². The summed E-state index contributed by atoms with van der Waals surface area (Å²) in [5.74, 6) is -0.352. The molecular weight excluding hydrogens is 250 g/mol. The average Bonchev–Trinajstić information content (AvgIpc) is 2.43. The van der Waals surface area contributed by atoms with E-state index in [0.717, 1.165) is 5.56 Å². The lowest BCUT2D eigenvalue weighted by atomic mass is 9.93. The molecule has 0 spiro atoms. The Hall–Kier alpha value is -1.74. The van der Waals surface area contributed by atoms with Gasteiger partial charge in [-0.25, -0.2) is 0 Å². The molecule has 108 valence electrons. The number of carbonyl (C=O) groups is 2. The SMILES string of the molecule is CCC(=O)/C(=C\c1ccccc1)C(=O)[C@@H](C)CN(C)C. The van der Waals surface area contributed by atoms with Crippen molar-refractivity contribution in [2.24, 2.45) is 5.92 Å². The molecule has 1 aromatic rings. The van der Waals surface area contributed by atoms with Crippen LogP contribution in [0.25, 0.3) is 6.08 Å². The quantitative estimate of drug-likeness (QED) is 0.435. The molecule has 0 aromatic heterocycles. The predicted octanol–water partition coefficient (Wildman–Crippen LogP) is 2.82. The standard InChI is InChI=1S/C17H23NO2/c1-5-16(19)15(11-14-9-7-6-8-10-14)17(20)13(2)12-18(3)4/h6-11,13H,5,12H2,1-4H3/b15-11+/t13-/m0/s1. The first-order chi connectivity index (χ1) is 9.45. The van der Waals surface area contributed by atoms with Crippen LogP contribution in [0.4, 0.5) is 0 Å². The first-order valence-corrected chi connectivity index (χ1v) is 6.94. The van der Waals surface area contributed by atoms with Crippen LogP contribution in [0.2, 0.25) is 0 Å². The minimum atomic E-state index is -0.185. The van der Waals surface area contributed by atoms with Gasteiger partial charge in [-0.05, 0) is 25.7 Å². The van der Waals surface area contributed by atoms with Gasteiger partial charge in [0.25, 0.3) is 0 Å². The van der Waals surface area contributed by atoms with E-state index >= 15 is 0 Å². The number of carbonyl (C=O) groups excluding carboxylic acids is 2. The molecule has 0 aliphatic heterocycles. The number of ketones is 2. The van der Waals surface area contributed by atoms with E-state index in [2.05, 4.69) is 0 Å². The Labute approximate surface area is 121 Å². The van der Waals surface area contributed by atoms with E-state index in [-0.39, 0.29) is 17.5 Å². The van der Waals surface area contributed by atoms with Crippen molar-refractivity contribution in [1.29, 1.82) is 0 Å². The van der Waals surface area contributed by atoms with Crippen LogP contribution >= 0.6 is 0 Å². The Morgan fingerprint density at radius 3 is 2.30 bits per heavy atom. The number of benzene rings is 1. The van der Waals surface area contributed by atoms with Crippen molar-refractivity contribution in [1.82, 2.24) is 4.90 Å². The average molecular weight is 273 g/mol. The summed E-state index contributed by atoms with van der Waals surface area (Å²) in [6.45, 7) is 4.29. The fraction of sp³-hybridized carbons (Fsp3) is 0.412. The second-order valence-corrected chi connectivity index (χ2v) is 5.27. The zero-order chi connectivity index (χ0) is 15.1. The Morgan fingerprint density at radius 1 is 1.20 bits per heavy atom. The van der Waals surface area contributed by atoms with Crippen LogP contribution in [0, 0.1) is 5.92 Å². The summed E-state index contributed by atoms with van der Waals surface area (Å²) in [6.07, 6.45) is 2.05. The molecule has 0 aliphatic rings. The zero-order valence-electron chi connectivity index (χ0n) is 12.7. The highest BCUT2D eigenvalue weighted by atomic mass is 16.1. The third-order valence-electron chi connectivity index (χ3n) is 3.08. The predicted molar refractivity (Wildman–Crippen MR) is 82.4 cm³/mol. The van der Waals surface area contributed by atoms with Crippen molar-refractivity contribution in [3.63, 3.8) is 0 Å². The molecule has 0 heterocycles. The van der Waals surface area contributed by atoms with Gasteiger partial charge in [-0.15, -0.1) is 0 Å². The first kappa shape index (κ1) is 16.3. The molecule has 0 aliphatic carbocycles. The third-order valence-corrected chi connectivity index (χ3v) is 3.08. The smallest absolute Gasteiger partial charge is 0.170 e. The summed E-state index contributed by atoms with van der Waals surface area (Å²) in [6, 6.07) is 9.50. The molecule has 3 nitrogen and oxygen atoms in total. The maximum Gasteiger partial charge on any atom is 0.170 e. The van der Waals surface area contributed by atoms with Gasteiger partial charge < -0.3 is 4.90 Å². The Balaban J connectivity index is 3.04. The molecule has 0 unspecified atom stereocenters. The fourth-order valence-corrected chi connectivity index (χ4v) is 2.09. The van der Waals surface area contributed by atoms with E-state index in [1.165, 1.54) is 0 Å². The lowest BCUT2D eigenvalue weighted by molar-refractivity contribution is -0.123. The van der Waals surface area contributed by atoms with Gasteiger partial charge in [0.05, 0.1) is 5.57 Å². The van der Waals surface area contributed by atoms with E-state index in [9.17, 15) is 9.59 Å². The van der Waals surface area contributed by atoms with Crippen molar-refractivity contribution in [3.8, 4) is 0 Å². The minimum absolute atomic E-state index is 0.0746. The molecule has 0 radical (unpaired) electrons. The van der Waals surface area contributed by atoms with E-state index < -0.39 is 0 Å². The highest BCUT2D eigenvalue weighted by Gasteiger charge is 2.22. The summed E-state index contributed by atoms with van der Waals surface area (Å²) in [7, 11) is 3.85. The number of hydrogen-bond acceptors (Lipinski definition) is 3. The number of rotatable bonds is 7. The molecule has 0 saturated carbocycles. The minimum Gasteiger partial charge on any atom is -0.309 e. The van der Waals surface area contributed by atoms with Crippen molar-refractivity contribution in [2.45, 2.75) is 20.3 Å². The molecule has 0 fully saturated rings. The molecule has 0 amide bonds. The number of Topliss-reactive ketones (excluding diaryl/α,β-unsaturated/α-hetero) is 2. The molecule has 0 bridgehead atoms. The van der Waals surface area contributed by atoms with Crippen LogP contribution in [-0.4, -0.2) is 37.1 Å². The summed E-state index contributed by atoms with van der Waals surface area (Å²) in [5, 5.41) is 0. The van der Waals surface area contributed by atoms with Gasteiger partial charge in [0.15, 0.2) is 11.6 Å². The van der Waals surface area contributed by atoms with Crippen molar-refractivity contribution in [2.75, 3.05) is 20.6 Å². The van der Waals surface area contributed by atoms with Gasteiger partial charge in [-0.3, -0.25) is 9.59 Å². The normalized spacial score (nSPS) is 13.3. The summed E-state index contributed by atoms with van der Waals surface area (Å²) in [5.41, 5.74) is 1.20. The molecular formula is C17H23NO2. The van der Waals surface area contributed by atoms with Crippen LogP contribution in [0.1, 0.15) is 25.8 Å². The van der Waals surface area contributed by atoms with E-state index in [4.69, 9.17) is 0 Å². The number of nitrogens with zero attached hydrogens (tertiary/aromatic N) is 1. The van der Waals surface area contributed by atoms with Crippen LogP contribution in [-0.2, 0) is 9.59 Å². The van der Waals surface area contributed by atoms with Crippen LogP contribution < -0.4 is 0 Å². The van der Waals surface area contributed by atoms with Gasteiger partial charge in [-0.1, -0.05) is 44.2 Å². The largest absolute Gasteiger partial charge is 0.309 e.